The second-order valence-electron chi connectivity index (χ2n) is 2.54. The van der Waals surface area contributed by atoms with Crippen LogP contribution in [-0.4, -0.2) is 19.6 Å². The zero-order valence-electron chi connectivity index (χ0n) is 7.14. The van der Waals surface area contributed by atoms with Gasteiger partial charge in [0.25, 0.3) is 0 Å². The summed E-state index contributed by atoms with van der Waals surface area (Å²) < 4.78 is 0. The Morgan fingerprint density at radius 1 is 1.82 bits per heavy atom. The summed E-state index contributed by atoms with van der Waals surface area (Å²) in [7, 11) is 1.66. The summed E-state index contributed by atoms with van der Waals surface area (Å²) in [6.45, 7) is 8.40. The second kappa shape index (κ2) is 5.89. The minimum absolute atomic E-state index is 0.275. The average molecular weight is 155 g/mol. The summed E-state index contributed by atoms with van der Waals surface area (Å²) in [5.74, 6) is 0.770. The molecule has 0 aliphatic carbocycles. The molecule has 0 aliphatic heterocycles. The average Bonchev–Trinajstić information content (AvgIpc) is 1.97. The van der Waals surface area contributed by atoms with Crippen molar-refractivity contribution in [1.82, 2.24) is 5.32 Å². The van der Waals surface area contributed by atoms with Crippen molar-refractivity contribution in [2.24, 2.45) is 16.6 Å². The standard InChI is InChI=1S/C8H17N3/c1-7(2)5-4-6-11-8(9)10-3/h7H,1-2,4-6H2,3H3,(H3,9,10,11). The van der Waals surface area contributed by atoms with Gasteiger partial charge in [-0.25, -0.2) is 0 Å². The van der Waals surface area contributed by atoms with Crippen molar-refractivity contribution < 1.29 is 0 Å². The molecule has 0 radical (unpaired) electrons. The van der Waals surface area contributed by atoms with E-state index in [0.717, 1.165) is 19.4 Å². The summed E-state index contributed by atoms with van der Waals surface area (Å²) in [4.78, 5) is 3.76. The fourth-order valence-electron chi connectivity index (χ4n) is 0.686. The van der Waals surface area contributed by atoms with Crippen molar-refractivity contribution in [3.63, 3.8) is 0 Å². The molecule has 3 nitrogen and oxygen atoms in total. The fraction of sp³-hybridized carbons (Fsp3) is 0.625. The Hall–Kier alpha value is -0.860. The van der Waals surface area contributed by atoms with Gasteiger partial charge in [-0.1, -0.05) is 0 Å². The first-order valence-corrected chi connectivity index (χ1v) is 3.79. The highest BCUT2D eigenvalue weighted by Crippen LogP contribution is 2.00. The highest BCUT2D eigenvalue weighted by molar-refractivity contribution is 5.77. The molecule has 0 aliphatic rings. The van der Waals surface area contributed by atoms with E-state index in [2.05, 4.69) is 24.2 Å². The number of nitrogens with two attached hydrogens (primary N) is 1. The van der Waals surface area contributed by atoms with Gasteiger partial charge in [0, 0.05) is 20.5 Å². The van der Waals surface area contributed by atoms with Crippen molar-refractivity contribution in [1.29, 1.82) is 0 Å². The maximum Gasteiger partial charge on any atom is 0.188 e. The maximum absolute atomic E-state index is 5.40. The van der Waals surface area contributed by atoms with Gasteiger partial charge in [-0.3, -0.25) is 11.9 Å². The number of nitrogens with one attached hydrogen (secondary N) is 1. The normalized spacial score (nSPS) is 14.5. The summed E-state index contributed by atoms with van der Waals surface area (Å²) in [6, 6.07) is 0. The van der Waals surface area contributed by atoms with Gasteiger partial charge in [0.1, 0.15) is 0 Å². The molecule has 11 heavy (non-hydrogen) atoms. The van der Waals surface area contributed by atoms with Crippen LogP contribution in [0.3, 0.4) is 0 Å². The largest absolute Gasteiger partial charge is 0.370 e. The number of rotatable bonds is 4. The predicted octanol–water partition coefficient (Wildman–Crippen LogP) is 0.585. The van der Waals surface area contributed by atoms with Crippen molar-refractivity contribution in [2.75, 3.05) is 13.6 Å². The van der Waals surface area contributed by atoms with E-state index in [1.165, 1.54) is 0 Å². The maximum atomic E-state index is 5.40. The van der Waals surface area contributed by atoms with E-state index in [1.807, 2.05) is 0 Å². The topological polar surface area (TPSA) is 50.4 Å². The third kappa shape index (κ3) is 7.03. The van der Waals surface area contributed by atoms with Gasteiger partial charge in [0.15, 0.2) is 5.96 Å². The molecule has 0 atom stereocenters. The molecule has 0 aromatic rings. The lowest BCUT2D eigenvalue weighted by Crippen LogP contribution is -2.32. The van der Waals surface area contributed by atoms with Gasteiger partial charge < -0.3 is 11.1 Å². The Balaban J connectivity index is 3.15. The van der Waals surface area contributed by atoms with Crippen LogP contribution >= 0.6 is 0 Å². The second-order valence-corrected chi connectivity index (χ2v) is 2.54. The molecule has 0 heterocycles. The third-order valence-electron chi connectivity index (χ3n) is 1.34. The van der Waals surface area contributed by atoms with E-state index >= 15 is 0 Å². The first-order chi connectivity index (χ1) is 5.16. The minimum atomic E-state index is 0.275. The number of hydrogen-bond acceptors (Lipinski definition) is 1. The molecule has 3 N–H and O–H groups in total. The lowest BCUT2D eigenvalue weighted by molar-refractivity contribution is 0.634. The molecule has 0 aromatic carbocycles. The molecule has 0 bridgehead atoms. The summed E-state index contributed by atoms with van der Waals surface area (Å²) in [5, 5.41) is 2.96. The highest BCUT2D eigenvalue weighted by atomic mass is 15.1. The molecule has 0 unspecified atom stereocenters. The first-order valence-electron chi connectivity index (χ1n) is 3.79. The Bertz CT molecular complexity index is 119. The van der Waals surface area contributed by atoms with Gasteiger partial charge in [0.2, 0.25) is 0 Å². The zero-order chi connectivity index (χ0) is 8.69. The lowest BCUT2D eigenvalue weighted by atomic mass is 10.1. The summed E-state index contributed by atoms with van der Waals surface area (Å²) in [6.07, 6.45) is 2.05. The third-order valence-corrected chi connectivity index (χ3v) is 1.34. The SMILES string of the molecule is [CH2+]C([CH2-])CCCNC(N)=NC. The van der Waals surface area contributed by atoms with Gasteiger partial charge in [-0.15, -0.1) is 0 Å². The van der Waals surface area contributed by atoms with Crippen LogP contribution in [-0.2, 0) is 0 Å². The van der Waals surface area contributed by atoms with Crippen molar-refractivity contribution in [2.45, 2.75) is 12.8 Å². The highest BCUT2D eigenvalue weighted by Gasteiger charge is 1.93. The Morgan fingerprint density at radius 3 is 2.91 bits per heavy atom. The van der Waals surface area contributed by atoms with E-state index in [9.17, 15) is 0 Å². The summed E-state index contributed by atoms with van der Waals surface area (Å²) >= 11 is 0. The van der Waals surface area contributed by atoms with E-state index < -0.39 is 0 Å². The Morgan fingerprint density at radius 2 is 2.45 bits per heavy atom. The number of aliphatic imine (C=N–C) groups is 1. The molecule has 0 rings (SSSR count). The lowest BCUT2D eigenvalue weighted by Gasteiger charge is -2.05. The van der Waals surface area contributed by atoms with Gasteiger partial charge >= 0.3 is 0 Å². The fourth-order valence-corrected chi connectivity index (χ4v) is 0.686. The molecule has 0 aromatic heterocycles. The predicted molar refractivity (Wildman–Crippen MR) is 49.0 cm³/mol. The van der Waals surface area contributed by atoms with Crippen LogP contribution in [0.15, 0.2) is 4.99 Å². The molecule has 0 saturated carbocycles. The van der Waals surface area contributed by atoms with E-state index in [1.54, 1.807) is 7.05 Å². The molecule has 0 fully saturated rings. The number of guanidine groups is 1. The van der Waals surface area contributed by atoms with Gasteiger partial charge in [-0.2, -0.15) is 0 Å². The minimum Gasteiger partial charge on any atom is -0.370 e. The van der Waals surface area contributed by atoms with Crippen LogP contribution in [0.2, 0.25) is 0 Å². The van der Waals surface area contributed by atoms with Crippen LogP contribution in [0, 0.1) is 19.8 Å². The Labute approximate surface area is 69.1 Å². The Kier molecular flexibility index (Phi) is 5.43. The van der Waals surface area contributed by atoms with Gasteiger partial charge in [-0.05, 0) is 18.8 Å². The van der Waals surface area contributed by atoms with E-state index in [-0.39, 0.29) is 5.92 Å². The van der Waals surface area contributed by atoms with Crippen molar-refractivity contribution in [3.8, 4) is 0 Å². The molecule has 0 saturated heterocycles. The molecule has 64 valence electrons. The number of hydrogen-bond donors (Lipinski definition) is 2. The van der Waals surface area contributed by atoms with Crippen LogP contribution in [0.25, 0.3) is 0 Å². The van der Waals surface area contributed by atoms with Crippen LogP contribution in [0.1, 0.15) is 12.8 Å². The molecular weight excluding hydrogens is 138 g/mol. The van der Waals surface area contributed by atoms with Gasteiger partial charge in [0.05, 0.1) is 0 Å². The van der Waals surface area contributed by atoms with Crippen molar-refractivity contribution >= 4 is 5.96 Å². The van der Waals surface area contributed by atoms with Crippen LogP contribution in [0.5, 0.6) is 0 Å². The van der Waals surface area contributed by atoms with E-state index in [0.29, 0.717) is 5.96 Å². The zero-order valence-corrected chi connectivity index (χ0v) is 7.14. The van der Waals surface area contributed by atoms with Crippen molar-refractivity contribution in [3.05, 3.63) is 13.8 Å². The molecule has 3 heteroatoms. The first kappa shape index (κ1) is 10.1. The molecule has 0 amide bonds. The molecule has 0 spiro atoms. The smallest absolute Gasteiger partial charge is 0.188 e. The summed E-state index contributed by atoms with van der Waals surface area (Å²) in [5.41, 5.74) is 5.40. The number of nitrogens with zero attached hydrogens (tertiary/aromatic N) is 1. The monoisotopic (exact) mass is 155 g/mol. The van der Waals surface area contributed by atoms with Crippen LogP contribution in [0.4, 0.5) is 0 Å². The molecular formula is C8H17N3. The van der Waals surface area contributed by atoms with Crippen LogP contribution < -0.4 is 11.1 Å². The quantitative estimate of drug-likeness (QED) is 0.270. The van der Waals surface area contributed by atoms with E-state index in [4.69, 9.17) is 5.73 Å².